The van der Waals surface area contributed by atoms with Gasteiger partial charge in [-0.1, -0.05) is 17.7 Å². The van der Waals surface area contributed by atoms with Gasteiger partial charge >= 0.3 is 0 Å². The van der Waals surface area contributed by atoms with Crippen molar-refractivity contribution in [3.63, 3.8) is 0 Å². The molecule has 6 nitrogen and oxygen atoms in total. The number of carbonyl (C=O) groups excluding carboxylic acids is 1. The van der Waals surface area contributed by atoms with Gasteiger partial charge in [0.1, 0.15) is 0 Å². The van der Waals surface area contributed by atoms with Crippen LogP contribution in [0.3, 0.4) is 0 Å². The van der Waals surface area contributed by atoms with Crippen molar-refractivity contribution in [3.8, 4) is 0 Å². The normalized spacial score (nSPS) is 25.9. The maximum atomic E-state index is 12.8. The van der Waals surface area contributed by atoms with E-state index in [0.717, 1.165) is 51.0 Å². The maximum Gasteiger partial charge on any atom is 0.224 e. The van der Waals surface area contributed by atoms with E-state index in [1.165, 1.54) is 0 Å². The molecule has 1 aromatic carbocycles. The Morgan fingerprint density at radius 2 is 2.00 bits per heavy atom. The Morgan fingerprint density at radius 1 is 1.17 bits per heavy atom. The zero-order valence-electron chi connectivity index (χ0n) is 17.0. The van der Waals surface area contributed by atoms with Gasteiger partial charge in [0.25, 0.3) is 0 Å². The van der Waals surface area contributed by atoms with Crippen molar-refractivity contribution in [3.05, 3.63) is 29.3 Å². The molecule has 160 valence electrons. The van der Waals surface area contributed by atoms with Gasteiger partial charge in [0, 0.05) is 49.9 Å². The fraction of sp³-hybridized carbons (Fsp3) is 0.682. The first-order valence-corrected chi connectivity index (χ1v) is 11.2. The molecule has 1 amide bonds. The lowest BCUT2D eigenvalue weighted by Gasteiger charge is -2.38. The van der Waals surface area contributed by atoms with Gasteiger partial charge in [0.05, 0.1) is 18.8 Å². The molecule has 3 aliphatic rings. The molecule has 7 heteroatoms. The number of halogens is 1. The Balaban J connectivity index is 1.32. The van der Waals surface area contributed by atoms with Crippen LogP contribution in [0.1, 0.15) is 32.1 Å². The molecular weight excluding hydrogens is 390 g/mol. The maximum absolute atomic E-state index is 12.8. The Kier molecular flexibility index (Phi) is 6.35. The largest absolute Gasteiger partial charge is 0.394 e. The van der Waals surface area contributed by atoms with Crippen molar-refractivity contribution in [1.82, 2.24) is 9.80 Å². The molecule has 2 atom stereocenters. The molecule has 0 radical (unpaired) electrons. The number of aliphatic hydroxyl groups excluding tert-OH is 2. The molecule has 0 bridgehead atoms. The second-order valence-electron chi connectivity index (χ2n) is 8.86. The molecule has 1 unspecified atom stereocenters. The van der Waals surface area contributed by atoms with E-state index in [-0.39, 0.29) is 30.1 Å². The van der Waals surface area contributed by atoms with Crippen molar-refractivity contribution in [2.45, 2.75) is 44.2 Å². The number of β-amino-alcohol motifs (C(OH)–C–C–N with tert-alkyl or cyclic N) is 1. The first kappa shape index (κ1) is 20.9. The highest BCUT2D eigenvalue weighted by Crippen LogP contribution is 2.53. The SMILES string of the molecule is O=C1CCN(c2cccc(Cl)c2)CCN1[C@H](CO)CCN1CCC2(CC2)C(O)C1. The van der Waals surface area contributed by atoms with Crippen LogP contribution in [0.5, 0.6) is 0 Å². The standard InChI is InChI=1S/C22H32ClN3O3/c23-17-2-1-3-18(14-17)25-10-5-21(29)26(13-12-25)19(16-27)4-9-24-11-8-22(6-7-22)20(28)15-24/h1-3,14,19-20,27-28H,4-13,15-16H2/t19-,20?/m0/s1. The summed E-state index contributed by atoms with van der Waals surface area (Å²) in [5.74, 6) is 0.101. The Morgan fingerprint density at radius 3 is 2.69 bits per heavy atom. The van der Waals surface area contributed by atoms with Gasteiger partial charge < -0.3 is 24.9 Å². The Labute approximate surface area is 178 Å². The van der Waals surface area contributed by atoms with Crippen molar-refractivity contribution in [2.75, 3.05) is 50.8 Å². The summed E-state index contributed by atoms with van der Waals surface area (Å²) in [6.45, 7) is 4.49. The summed E-state index contributed by atoms with van der Waals surface area (Å²) in [7, 11) is 0. The Hall–Kier alpha value is -1.34. The summed E-state index contributed by atoms with van der Waals surface area (Å²) < 4.78 is 0. The summed E-state index contributed by atoms with van der Waals surface area (Å²) in [6.07, 6.45) is 4.33. The first-order valence-electron chi connectivity index (χ1n) is 10.8. The van der Waals surface area contributed by atoms with Crippen LogP contribution in [-0.2, 0) is 4.79 Å². The quantitative estimate of drug-likeness (QED) is 0.735. The third kappa shape index (κ3) is 4.71. The Bertz CT molecular complexity index is 727. The van der Waals surface area contributed by atoms with Crippen LogP contribution in [0.15, 0.2) is 24.3 Å². The van der Waals surface area contributed by atoms with Crippen molar-refractivity contribution < 1.29 is 15.0 Å². The van der Waals surface area contributed by atoms with E-state index >= 15 is 0 Å². The van der Waals surface area contributed by atoms with Crippen LogP contribution in [0, 0.1) is 5.41 Å². The predicted molar refractivity (Wildman–Crippen MR) is 114 cm³/mol. The second kappa shape index (κ2) is 8.80. The van der Waals surface area contributed by atoms with E-state index in [0.29, 0.717) is 31.1 Å². The van der Waals surface area contributed by atoms with Gasteiger partial charge in [-0.3, -0.25) is 4.79 Å². The van der Waals surface area contributed by atoms with Gasteiger partial charge in [0.15, 0.2) is 0 Å². The van der Waals surface area contributed by atoms with Gasteiger partial charge in [-0.05, 0) is 55.8 Å². The van der Waals surface area contributed by atoms with Crippen molar-refractivity contribution in [2.24, 2.45) is 5.41 Å². The molecule has 2 heterocycles. The fourth-order valence-corrected chi connectivity index (χ4v) is 5.04. The van der Waals surface area contributed by atoms with Crippen molar-refractivity contribution in [1.29, 1.82) is 0 Å². The minimum atomic E-state index is -0.227. The summed E-state index contributed by atoms with van der Waals surface area (Å²) >= 11 is 6.12. The summed E-state index contributed by atoms with van der Waals surface area (Å²) in [5.41, 5.74) is 1.24. The number of rotatable bonds is 6. The van der Waals surface area contributed by atoms with Gasteiger partial charge in [-0.2, -0.15) is 0 Å². The third-order valence-electron chi connectivity index (χ3n) is 7.09. The van der Waals surface area contributed by atoms with Crippen LogP contribution >= 0.6 is 11.6 Å². The van der Waals surface area contributed by atoms with E-state index in [4.69, 9.17) is 11.6 Å². The summed E-state index contributed by atoms with van der Waals surface area (Å²) in [6, 6.07) is 7.56. The predicted octanol–water partition coefficient (Wildman–Crippen LogP) is 1.98. The number of hydrogen-bond donors (Lipinski definition) is 2. The highest BCUT2D eigenvalue weighted by molar-refractivity contribution is 6.30. The van der Waals surface area contributed by atoms with Gasteiger partial charge in [-0.15, -0.1) is 0 Å². The molecule has 1 spiro atoms. The minimum Gasteiger partial charge on any atom is -0.394 e. The van der Waals surface area contributed by atoms with E-state index < -0.39 is 0 Å². The highest BCUT2D eigenvalue weighted by atomic mass is 35.5. The summed E-state index contributed by atoms with van der Waals surface area (Å²) in [5, 5.41) is 21.1. The lowest BCUT2D eigenvalue weighted by Crippen LogP contribution is -2.48. The molecule has 1 aliphatic carbocycles. The summed E-state index contributed by atoms with van der Waals surface area (Å²) in [4.78, 5) is 19.1. The number of carbonyl (C=O) groups is 1. The van der Waals surface area contributed by atoms with Gasteiger partial charge in [-0.25, -0.2) is 0 Å². The number of hydrogen-bond acceptors (Lipinski definition) is 5. The first-order chi connectivity index (χ1) is 14.0. The average Bonchev–Trinajstić information content (AvgIpc) is 3.51. The molecule has 3 fully saturated rings. The van der Waals surface area contributed by atoms with Crippen molar-refractivity contribution >= 4 is 23.2 Å². The number of likely N-dealkylation sites (tertiary alicyclic amines) is 1. The molecule has 29 heavy (non-hydrogen) atoms. The number of aliphatic hydroxyl groups is 2. The van der Waals surface area contributed by atoms with Crippen LogP contribution in [0.2, 0.25) is 5.02 Å². The molecule has 2 aliphatic heterocycles. The smallest absolute Gasteiger partial charge is 0.224 e. The fourth-order valence-electron chi connectivity index (χ4n) is 4.86. The minimum absolute atomic E-state index is 0.0246. The molecule has 1 saturated carbocycles. The number of amides is 1. The van der Waals surface area contributed by atoms with E-state index in [2.05, 4.69) is 9.80 Å². The van der Waals surface area contributed by atoms with Crippen LogP contribution in [-0.4, -0.2) is 83.9 Å². The topological polar surface area (TPSA) is 67.2 Å². The van der Waals surface area contributed by atoms with Gasteiger partial charge in [0.2, 0.25) is 5.91 Å². The zero-order valence-corrected chi connectivity index (χ0v) is 17.7. The monoisotopic (exact) mass is 421 g/mol. The number of benzene rings is 1. The third-order valence-corrected chi connectivity index (χ3v) is 7.32. The second-order valence-corrected chi connectivity index (χ2v) is 9.29. The molecule has 0 aromatic heterocycles. The highest BCUT2D eigenvalue weighted by Gasteiger charge is 2.51. The van der Waals surface area contributed by atoms with E-state index in [1.807, 2.05) is 29.2 Å². The average molecular weight is 422 g/mol. The van der Waals surface area contributed by atoms with E-state index in [9.17, 15) is 15.0 Å². The molecular formula is C22H32ClN3O3. The number of nitrogens with zero attached hydrogens (tertiary/aromatic N) is 3. The molecule has 1 aromatic rings. The van der Waals surface area contributed by atoms with E-state index in [1.54, 1.807) is 0 Å². The lowest BCUT2D eigenvalue weighted by atomic mass is 9.90. The van der Waals surface area contributed by atoms with Crippen LogP contribution < -0.4 is 4.90 Å². The number of anilines is 1. The molecule has 2 N–H and O–H groups in total. The lowest BCUT2D eigenvalue weighted by molar-refractivity contribution is -0.133. The van der Waals surface area contributed by atoms with Crippen LogP contribution in [0.4, 0.5) is 5.69 Å². The number of piperidine rings is 1. The zero-order chi connectivity index (χ0) is 20.4. The molecule has 4 rings (SSSR count). The van der Waals surface area contributed by atoms with Crippen LogP contribution in [0.25, 0.3) is 0 Å². The molecule has 2 saturated heterocycles.